The molecular weight excluding hydrogens is 276 g/mol. The standard InChI is InChI=1S/C23H30/c1-16-10-12-18(3)21(14-16)23(20-8-6-5-7-9-20)22-15-17(2)11-13-19(22)4/h10-15,20,23H,5-9H2,1-4H3. The summed E-state index contributed by atoms with van der Waals surface area (Å²) in [6, 6.07) is 14.0. The lowest BCUT2D eigenvalue weighted by Gasteiger charge is -2.33. The number of hydrogen-bond acceptors (Lipinski definition) is 0. The third kappa shape index (κ3) is 3.52. The lowest BCUT2D eigenvalue weighted by Crippen LogP contribution is -2.19. The first-order valence-electron chi connectivity index (χ1n) is 9.20. The molecule has 0 atom stereocenters. The van der Waals surface area contributed by atoms with E-state index in [1.807, 2.05) is 0 Å². The van der Waals surface area contributed by atoms with Crippen LogP contribution in [-0.2, 0) is 0 Å². The molecule has 0 aliphatic heterocycles. The Balaban J connectivity index is 2.13. The van der Waals surface area contributed by atoms with Gasteiger partial charge in [0.25, 0.3) is 0 Å². The molecule has 1 aliphatic carbocycles. The highest BCUT2D eigenvalue weighted by Gasteiger charge is 2.28. The van der Waals surface area contributed by atoms with E-state index in [0.717, 1.165) is 5.92 Å². The van der Waals surface area contributed by atoms with Gasteiger partial charge in [0.1, 0.15) is 0 Å². The Kier molecular flexibility index (Phi) is 4.90. The highest BCUT2D eigenvalue weighted by Crippen LogP contribution is 2.43. The fourth-order valence-corrected chi connectivity index (χ4v) is 4.33. The second-order valence-corrected chi connectivity index (χ2v) is 7.60. The second kappa shape index (κ2) is 6.91. The van der Waals surface area contributed by atoms with Gasteiger partial charge < -0.3 is 0 Å². The van der Waals surface area contributed by atoms with Crippen LogP contribution in [0.3, 0.4) is 0 Å². The van der Waals surface area contributed by atoms with Crippen molar-refractivity contribution in [2.45, 2.75) is 65.7 Å². The van der Waals surface area contributed by atoms with Gasteiger partial charge in [0.15, 0.2) is 0 Å². The van der Waals surface area contributed by atoms with Crippen molar-refractivity contribution < 1.29 is 0 Å². The van der Waals surface area contributed by atoms with Crippen LogP contribution in [0.4, 0.5) is 0 Å². The zero-order valence-corrected chi connectivity index (χ0v) is 15.2. The Hall–Kier alpha value is -1.56. The summed E-state index contributed by atoms with van der Waals surface area (Å²) in [4.78, 5) is 0. The number of rotatable bonds is 3. The zero-order chi connectivity index (χ0) is 16.4. The fraction of sp³-hybridized carbons (Fsp3) is 0.478. The van der Waals surface area contributed by atoms with Gasteiger partial charge in [-0.15, -0.1) is 0 Å². The van der Waals surface area contributed by atoms with Crippen LogP contribution in [0.1, 0.15) is 71.4 Å². The third-order valence-corrected chi connectivity index (χ3v) is 5.66. The van der Waals surface area contributed by atoms with E-state index in [0.29, 0.717) is 5.92 Å². The van der Waals surface area contributed by atoms with E-state index in [9.17, 15) is 0 Å². The van der Waals surface area contributed by atoms with Gasteiger partial charge in [-0.05, 0) is 68.7 Å². The number of hydrogen-bond donors (Lipinski definition) is 0. The molecule has 2 aromatic rings. The minimum absolute atomic E-state index is 0.565. The summed E-state index contributed by atoms with van der Waals surface area (Å²) in [6.07, 6.45) is 6.98. The Labute approximate surface area is 141 Å². The summed E-state index contributed by atoms with van der Waals surface area (Å²) in [7, 11) is 0. The molecule has 1 aliphatic rings. The van der Waals surface area contributed by atoms with Crippen LogP contribution in [0.5, 0.6) is 0 Å². The molecule has 0 N–H and O–H groups in total. The first-order valence-corrected chi connectivity index (χ1v) is 9.20. The smallest absolute Gasteiger partial charge is 0.0123 e. The quantitative estimate of drug-likeness (QED) is 0.597. The number of benzene rings is 2. The molecule has 0 spiro atoms. The maximum absolute atomic E-state index is 2.44. The SMILES string of the molecule is Cc1ccc(C)c(C(c2cc(C)ccc2C)C2CCCCC2)c1. The van der Waals surface area contributed by atoms with Crippen LogP contribution in [0.2, 0.25) is 0 Å². The monoisotopic (exact) mass is 306 g/mol. The van der Waals surface area contributed by atoms with Gasteiger partial charge in [-0.2, -0.15) is 0 Å². The molecule has 0 unspecified atom stereocenters. The van der Waals surface area contributed by atoms with E-state index in [1.54, 1.807) is 11.1 Å². The Morgan fingerprint density at radius 2 is 1.17 bits per heavy atom. The van der Waals surface area contributed by atoms with Gasteiger partial charge in [-0.1, -0.05) is 66.8 Å². The topological polar surface area (TPSA) is 0 Å². The largest absolute Gasteiger partial charge is 0.0590 e. The molecule has 0 radical (unpaired) electrons. The van der Waals surface area contributed by atoms with Crippen molar-refractivity contribution in [3.63, 3.8) is 0 Å². The molecule has 0 nitrogen and oxygen atoms in total. The van der Waals surface area contributed by atoms with Crippen molar-refractivity contribution in [3.05, 3.63) is 69.8 Å². The van der Waals surface area contributed by atoms with Crippen LogP contribution in [0.25, 0.3) is 0 Å². The summed E-state index contributed by atoms with van der Waals surface area (Å²) in [5, 5.41) is 0. The lowest BCUT2D eigenvalue weighted by atomic mass is 9.71. The van der Waals surface area contributed by atoms with Gasteiger partial charge in [-0.3, -0.25) is 0 Å². The predicted octanol–water partition coefficient (Wildman–Crippen LogP) is 6.63. The van der Waals surface area contributed by atoms with Crippen molar-refractivity contribution in [2.75, 3.05) is 0 Å². The summed E-state index contributed by atoms with van der Waals surface area (Å²) >= 11 is 0. The highest BCUT2D eigenvalue weighted by atomic mass is 14.3. The Bertz CT molecular complexity index is 623. The van der Waals surface area contributed by atoms with Crippen LogP contribution in [-0.4, -0.2) is 0 Å². The highest BCUT2D eigenvalue weighted by molar-refractivity contribution is 5.44. The molecule has 0 aromatic heterocycles. The molecule has 0 heteroatoms. The molecule has 2 aromatic carbocycles. The van der Waals surface area contributed by atoms with Crippen molar-refractivity contribution in [3.8, 4) is 0 Å². The van der Waals surface area contributed by atoms with Crippen LogP contribution < -0.4 is 0 Å². The molecule has 1 saturated carbocycles. The van der Waals surface area contributed by atoms with E-state index >= 15 is 0 Å². The Morgan fingerprint density at radius 1 is 0.696 bits per heavy atom. The second-order valence-electron chi connectivity index (χ2n) is 7.60. The summed E-state index contributed by atoms with van der Waals surface area (Å²) in [6.45, 7) is 9.03. The molecule has 122 valence electrons. The van der Waals surface area contributed by atoms with E-state index in [2.05, 4.69) is 64.1 Å². The van der Waals surface area contributed by atoms with Crippen molar-refractivity contribution in [2.24, 2.45) is 5.92 Å². The molecule has 0 heterocycles. The van der Waals surface area contributed by atoms with Crippen molar-refractivity contribution >= 4 is 0 Å². The van der Waals surface area contributed by atoms with Crippen molar-refractivity contribution in [1.82, 2.24) is 0 Å². The first-order chi connectivity index (χ1) is 11.1. The van der Waals surface area contributed by atoms with E-state index in [4.69, 9.17) is 0 Å². The minimum Gasteiger partial charge on any atom is -0.0590 e. The normalized spacial score (nSPS) is 16.0. The average molecular weight is 306 g/mol. The van der Waals surface area contributed by atoms with Gasteiger partial charge in [0, 0.05) is 5.92 Å². The molecule has 1 fully saturated rings. The maximum Gasteiger partial charge on any atom is 0.0123 e. The Morgan fingerprint density at radius 3 is 1.65 bits per heavy atom. The van der Waals surface area contributed by atoms with E-state index in [-0.39, 0.29) is 0 Å². The molecule has 3 rings (SSSR count). The third-order valence-electron chi connectivity index (χ3n) is 5.66. The molecule has 0 amide bonds. The van der Waals surface area contributed by atoms with Gasteiger partial charge in [0.2, 0.25) is 0 Å². The predicted molar refractivity (Wildman–Crippen MR) is 100 cm³/mol. The molecule has 23 heavy (non-hydrogen) atoms. The van der Waals surface area contributed by atoms with Crippen LogP contribution in [0.15, 0.2) is 36.4 Å². The van der Waals surface area contributed by atoms with E-state index in [1.165, 1.54) is 54.4 Å². The fourth-order valence-electron chi connectivity index (χ4n) is 4.33. The number of aryl methyl sites for hydroxylation is 4. The summed E-state index contributed by atoms with van der Waals surface area (Å²) in [5.41, 5.74) is 8.80. The average Bonchev–Trinajstić information content (AvgIpc) is 2.55. The van der Waals surface area contributed by atoms with E-state index < -0.39 is 0 Å². The molecular formula is C23H30. The van der Waals surface area contributed by atoms with Gasteiger partial charge in [0.05, 0.1) is 0 Å². The molecule has 0 bridgehead atoms. The minimum atomic E-state index is 0.565. The summed E-state index contributed by atoms with van der Waals surface area (Å²) < 4.78 is 0. The van der Waals surface area contributed by atoms with Gasteiger partial charge >= 0.3 is 0 Å². The maximum atomic E-state index is 2.44. The van der Waals surface area contributed by atoms with Crippen LogP contribution in [0, 0.1) is 33.6 Å². The zero-order valence-electron chi connectivity index (χ0n) is 15.2. The lowest BCUT2D eigenvalue weighted by molar-refractivity contribution is 0.326. The molecule has 0 saturated heterocycles. The summed E-state index contributed by atoms with van der Waals surface area (Å²) in [5.74, 6) is 1.36. The first kappa shape index (κ1) is 16.3. The van der Waals surface area contributed by atoms with Gasteiger partial charge in [-0.25, -0.2) is 0 Å². The van der Waals surface area contributed by atoms with Crippen LogP contribution >= 0.6 is 0 Å². The van der Waals surface area contributed by atoms with Crippen molar-refractivity contribution in [1.29, 1.82) is 0 Å².